The van der Waals surface area contributed by atoms with Gasteiger partial charge in [-0.1, -0.05) is 25.0 Å². The lowest BCUT2D eigenvalue weighted by Gasteiger charge is -2.43. The molecule has 4 atom stereocenters. The molecule has 168 valence electrons. The van der Waals surface area contributed by atoms with E-state index < -0.39 is 8.32 Å². The van der Waals surface area contributed by atoms with Crippen LogP contribution in [0.2, 0.25) is 13.1 Å². The average molecular weight is 457 g/mol. The highest BCUT2D eigenvalue weighted by molar-refractivity contribution is 7.21. The van der Waals surface area contributed by atoms with Crippen LogP contribution >= 0.6 is 11.3 Å². The number of carbonyl (C=O) groups is 1. The van der Waals surface area contributed by atoms with E-state index in [2.05, 4.69) is 17.0 Å². The van der Waals surface area contributed by atoms with Crippen LogP contribution in [0.1, 0.15) is 61.0 Å². The van der Waals surface area contributed by atoms with Gasteiger partial charge in [0, 0.05) is 16.8 Å². The quantitative estimate of drug-likeness (QED) is 0.668. The van der Waals surface area contributed by atoms with Crippen molar-refractivity contribution in [2.75, 3.05) is 6.54 Å². The number of thiophene rings is 1. The van der Waals surface area contributed by atoms with Gasteiger partial charge in [-0.3, -0.25) is 4.79 Å². The monoisotopic (exact) mass is 456 g/mol. The molecule has 3 fully saturated rings. The molecular weight excluding hydrogens is 420 g/mol. The fraction of sp³-hybridized carbons (Fsp3) is 0.640. The Kier molecular flexibility index (Phi) is 5.78. The summed E-state index contributed by atoms with van der Waals surface area (Å²) in [5.41, 5.74) is 5.99. The second-order valence-corrected chi connectivity index (χ2v) is 15.5. The number of hydrogen-bond acceptors (Lipinski definition) is 4. The van der Waals surface area contributed by atoms with Gasteiger partial charge in [0.25, 0.3) is 5.91 Å². The van der Waals surface area contributed by atoms with Gasteiger partial charge in [-0.2, -0.15) is 0 Å². The predicted molar refractivity (Wildman–Crippen MR) is 131 cm³/mol. The summed E-state index contributed by atoms with van der Waals surface area (Å²) in [4.78, 5) is 27.4. The number of nitrogens with zero attached hydrogens (tertiary/aromatic N) is 1. The number of carbonyl (C=O) groups excluding carboxylic acids is 1. The van der Waals surface area contributed by atoms with Crippen LogP contribution in [-0.4, -0.2) is 42.5 Å². The first-order valence-corrected chi connectivity index (χ1v) is 15.9. The highest BCUT2D eigenvalue weighted by Crippen LogP contribution is 2.46. The number of nitrogens with two attached hydrogens (primary N) is 1. The molecule has 0 radical (unpaired) electrons. The number of benzene rings is 1. The summed E-state index contributed by atoms with van der Waals surface area (Å²) in [6.07, 6.45) is 9.96. The lowest BCUT2D eigenvalue weighted by atomic mass is 9.70. The Balaban J connectivity index is 1.36. The minimum Gasteiger partial charge on any atom is -0.428 e. The number of rotatable bonds is 4. The first-order valence-electron chi connectivity index (χ1n) is 12.1. The molecule has 2 bridgehead atoms. The van der Waals surface area contributed by atoms with Crippen molar-refractivity contribution in [3.8, 4) is 0 Å². The van der Waals surface area contributed by atoms with E-state index in [9.17, 15) is 9.59 Å². The van der Waals surface area contributed by atoms with E-state index in [-0.39, 0.29) is 5.91 Å². The van der Waals surface area contributed by atoms with Gasteiger partial charge in [0.15, 0.2) is 0 Å². The van der Waals surface area contributed by atoms with Crippen LogP contribution in [0.4, 0.5) is 0 Å². The van der Waals surface area contributed by atoms with E-state index in [1.54, 1.807) is 11.3 Å². The van der Waals surface area contributed by atoms with Crippen molar-refractivity contribution in [1.29, 1.82) is 0 Å². The molecule has 31 heavy (non-hydrogen) atoms. The lowest BCUT2D eigenvalue weighted by molar-refractivity contribution is 0.0406. The van der Waals surface area contributed by atoms with Crippen LogP contribution < -0.4 is 10.9 Å². The Morgan fingerprint density at radius 2 is 1.87 bits per heavy atom. The Morgan fingerprint density at radius 3 is 2.55 bits per heavy atom. The van der Waals surface area contributed by atoms with Gasteiger partial charge in [0.2, 0.25) is 8.32 Å². The van der Waals surface area contributed by atoms with Crippen LogP contribution in [0.15, 0.2) is 24.3 Å². The Bertz CT molecular complexity index is 954. The number of piperidine rings is 1. The van der Waals surface area contributed by atoms with Crippen LogP contribution in [-0.2, 0) is 0 Å². The normalized spacial score (nSPS) is 31.4. The first-order chi connectivity index (χ1) is 14.8. The highest BCUT2D eigenvalue weighted by atomic mass is 32.1. The maximum Gasteiger partial charge on any atom is 0.264 e. The Hall–Kier alpha value is -1.21. The second-order valence-electron chi connectivity index (χ2n) is 10.7. The lowest BCUT2D eigenvalue weighted by Crippen LogP contribution is -2.48. The van der Waals surface area contributed by atoms with E-state index in [1.165, 1.54) is 38.5 Å². The van der Waals surface area contributed by atoms with Crippen molar-refractivity contribution in [3.63, 3.8) is 0 Å². The summed E-state index contributed by atoms with van der Waals surface area (Å²) in [5.74, 6) is 2.51. The van der Waals surface area contributed by atoms with E-state index in [0.29, 0.717) is 18.0 Å². The number of fused-ring (bicyclic) bond motifs is 3. The molecule has 4 nitrogen and oxygen atoms in total. The fourth-order valence-electron chi connectivity index (χ4n) is 6.74. The molecule has 3 N–H and O–H groups in total. The van der Waals surface area contributed by atoms with Gasteiger partial charge in [-0.15, -0.1) is 11.3 Å². The molecule has 1 saturated carbocycles. The van der Waals surface area contributed by atoms with Crippen LogP contribution in [0.3, 0.4) is 0 Å². The van der Waals surface area contributed by atoms with Gasteiger partial charge in [-0.05, 0) is 98.6 Å². The maximum absolute atomic E-state index is 13.6. The van der Waals surface area contributed by atoms with Crippen LogP contribution in [0, 0.1) is 17.8 Å². The molecule has 2 aromatic rings. The minimum atomic E-state index is -2.44. The third kappa shape index (κ3) is 4.01. The van der Waals surface area contributed by atoms with Crippen LogP contribution in [0.25, 0.3) is 10.1 Å². The zero-order valence-electron chi connectivity index (χ0n) is 18.8. The number of amides is 1. The van der Waals surface area contributed by atoms with E-state index >= 15 is 0 Å². The summed E-state index contributed by atoms with van der Waals surface area (Å²) in [6, 6.07) is 9.00. The van der Waals surface area contributed by atoms with Crippen molar-refractivity contribution in [3.05, 3.63) is 29.1 Å². The van der Waals surface area contributed by atoms with Crippen molar-refractivity contribution in [2.24, 2.45) is 23.5 Å². The molecule has 5 rings (SSSR count). The average Bonchev–Trinajstić information content (AvgIpc) is 3.30. The summed E-state index contributed by atoms with van der Waals surface area (Å²) in [5, 5.41) is 2.11. The second kappa shape index (κ2) is 8.29. The molecule has 1 aliphatic carbocycles. The highest BCUT2D eigenvalue weighted by Gasteiger charge is 2.46. The molecule has 2 aliphatic heterocycles. The molecule has 1 amide bonds. The minimum absolute atomic E-state index is 0.221. The predicted octanol–water partition coefficient (Wildman–Crippen LogP) is 4.45. The fourth-order valence-corrected chi connectivity index (χ4v) is 9.23. The third-order valence-electron chi connectivity index (χ3n) is 8.26. The van der Waals surface area contributed by atoms with Crippen molar-refractivity contribution in [2.45, 2.75) is 76.5 Å². The summed E-state index contributed by atoms with van der Waals surface area (Å²) in [6.45, 7) is 4.74. The topological polar surface area (TPSA) is 66.6 Å². The van der Waals surface area contributed by atoms with Crippen molar-refractivity contribution in [1.82, 2.24) is 4.90 Å². The molecule has 4 unspecified atom stereocenters. The summed E-state index contributed by atoms with van der Waals surface area (Å²) in [7, 11) is -2.44. The Morgan fingerprint density at radius 1 is 1.13 bits per heavy atom. The zero-order chi connectivity index (χ0) is 21.8. The van der Waals surface area contributed by atoms with Gasteiger partial charge < -0.3 is 15.4 Å². The van der Waals surface area contributed by atoms with E-state index in [1.807, 2.05) is 25.2 Å². The van der Waals surface area contributed by atoms with Crippen LogP contribution in [0.5, 0.6) is 0 Å². The largest absolute Gasteiger partial charge is 0.428 e. The summed E-state index contributed by atoms with van der Waals surface area (Å²) < 4.78 is 1.12. The van der Waals surface area contributed by atoms with E-state index in [4.69, 9.17) is 5.73 Å². The maximum atomic E-state index is 13.6. The molecule has 0 spiro atoms. The first kappa shape index (κ1) is 21.6. The molecule has 3 heterocycles. The van der Waals surface area contributed by atoms with Gasteiger partial charge in [0.1, 0.15) is 0 Å². The molecule has 1 aromatic carbocycles. The standard InChI is InChI=1S/C25H36N2O2SSi/c1-31(2,29)24-8-4-7-22-21(24)14-23(30-22)25(28)27-19-9-10-20(27)13-18(12-19)17-6-3-5-16(11-17)15-26/h4,7-8,14,16-20,29H,3,5-6,9-13,15,26H2,1-2H3. The van der Waals surface area contributed by atoms with Crippen molar-refractivity contribution < 1.29 is 9.59 Å². The smallest absolute Gasteiger partial charge is 0.264 e. The molecule has 1 aromatic heterocycles. The van der Waals surface area contributed by atoms with Gasteiger partial charge >= 0.3 is 0 Å². The molecular formula is C25H36N2O2SSi. The zero-order valence-corrected chi connectivity index (χ0v) is 20.7. The SMILES string of the molecule is C[Si](C)(O)c1cccc2sc(C(=O)N3C4CCC3CC(C3CCCC(CN)C3)C4)cc12. The van der Waals surface area contributed by atoms with Gasteiger partial charge in [-0.25, -0.2) is 0 Å². The molecule has 3 aliphatic rings. The Labute approximate surface area is 190 Å². The van der Waals surface area contributed by atoms with Gasteiger partial charge in [0.05, 0.1) is 4.88 Å². The van der Waals surface area contributed by atoms with Crippen molar-refractivity contribution >= 4 is 40.8 Å². The molecule has 6 heteroatoms. The van der Waals surface area contributed by atoms with E-state index in [0.717, 1.165) is 51.4 Å². The summed E-state index contributed by atoms with van der Waals surface area (Å²) >= 11 is 1.60. The number of hydrogen-bond donors (Lipinski definition) is 2. The molecule has 2 saturated heterocycles. The third-order valence-corrected chi connectivity index (χ3v) is 11.1.